The number of piperidine rings is 2. The third kappa shape index (κ3) is 4.83. The highest BCUT2D eigenvalue weighted by Crippen LogP contribution is 2.41. The molecule has 1 aromatic carbocycles. The molecule has 3 rings (SSSR count). The van der Waals surface area contributed by atoms with Gasteiger partial charge in [0, 0.05) is 19.6 Å². The number of nitrogens with zero attached hydrogens (tertiary/aromatic N) is 3. The topological polar surface area (TPSA) is 26.8 Å². The first-order chi connectivity index (χ1) is 12.0. The minimum absolute atomic E-state index is 0.289. The Morgan fingerprint density at radius 2 is 1.56 bits per heavy atom. The summed E-state index contributed by atoms with van der Waals surface area (Å²) in [5, 5.41) is 0. The van der Waals surface area contributed by atoms with Crippen LogP contribution in [0.25, 0.3) is 0 Å². The highest BCUT2D eigenvalue weighted by molar-refractivity contribution is 5.78. The van der Waals surface area contributed by atoms with Gasteiger partial charge in [-0.1, -0.05) is 29.8 Å². The van der Waals surface area contributed by atoms with Crippen molar-refractivity contribution in [3.8, 4) is 0 Å². The number of carbonyl (C=O) groups is 1. The highest BCUT2D eigenvalue weighted by atomic mass is 16.2. The maximum atomic E-state index is 12.2. The highest BCUT2D eigenvalue weighted by Gasteiger charge is 2.38. The van der Waals surface area contributed by atoms with Crippen LogP contribution in [-0.2, 0) is 11.3 Å². The molecule has 1 amide bonds. The van der Waals surface area contributed by atoms with Crippen molar-refractivity contribution in [1.82, 2.24) is 14.7 Å². The molecule has 4 heteroatoms. The Bertz CT molecular complexity index is 563. The lowest BCUT2D eigenvalue weighted by Gasteiger charge is -2.47. The standard InChI is InChI=1S/C21H33N3O/c1-18-4-6-19(7-5-18)16-23-12-8-21(9-13-23)10-14-24(15-11-21)20(25)17-22(2)3/h4-7H,8-17H2,1-3H3. The van der Waals surface area contributed by atoms with Gasteiger partial charge in [-0.15, -0.1) is 0 Å². The van der Waals surface area contributed by atoms with Crippen molar-refractivity contribution in [1.29, 1.82) is 0 Å². The van der Waals surface area contributed by atoms with Gasteiger partial charge in [-0.3, -0.25) is 9.69 Å². The smallest absolute Gasteiger partial charge is 0.236 e. The molecule has 0 N–H and O–H groups in total. The van der Waals surface area contributed by atoms with Crippen molar-refractivity contribution < 1.29 is 4.79 Å². The molecular weight excluding hydrogens is 310 g/mol. The molecule has 0 radical (unpaired) electrons. The molecule has 2 saturated heterocycles. The summed E-state index contributed by atoms with van der Waals surface area (Å²) >= 11 is 0. The van der Waals surface area contributed by atoms with Gasteiger partial charge in [0.1, 0.15) is 0 Å². The molecule has 138 valence electrons. The van der Waals surface area contributed by atoms with Gasteiger partial charge in [-0.25, -0.2) is 0 Å². The quantitative estimate of drug-likeness (QED) is 0.841. The van der Waals surface area contributed by atoms with Crippen LogP contribution in [0, 0.1) is 12.3 Å². The van der Waals surface area contributed by atoms with Gasteiger partial charge < -0.3 is 9.80 Å². The molecule has 2 aliphatic rings. The number of aryl methyl sites for hydroxylation is 1. The van der Waals surface area contributed by atoms with Crippen molar-refractivity contribution >= 4 is 5.91 Å². The van der Waals surface area contributed by atoms with E-state index in [1.807, 2.05) is 19.0 Å². The summed E-state index contributed by atoms with van der Waals surface area (Å²) < 4.78 is 0. The van der Waals surface area contributed by atoms with Gasteiger partial charge in [0.05, 0.1) is 6.54 Å². The van der Waals surface area contributed by atoms with Crippen LogP contribution in [0.2, 0.25) is 0 Å². The van der Waals surface area contributed by atoms with E-state index >= 15 is 0 Å². The van der Waals surface area contributed by atoms with E-state index in [0.29, 0.717) is 12.0 Å². The molecule has 0 unspecified atom stereocenters. The number of benzene rings is 1. The molecule has 2 aliphatic heterocycles. The zero-order chi connectivity index (χ0) is 17.9. The molecule has 1 aromatic rings. The van der Waals surface area contributed by atoms with Gasteiger partial charge in [-0.2, -0.15) is 0 Å². The maximum absolute atomic E-state index is 12.2. The minimum atomic E-state index is 0.289. The summed E-state index contributed by atoms with van der Waals surface area (Å²) in [4.78, 5) is 18.9. The van der Waals surface area contributed by atoms with Crippen LogP contribution >= 0.6 is 0 Å². The van der Waals surface area contributed by atoms with Crippen molar-refractivity contribution in [2.75, 3.05) is 46.8 Å². The van der Waals surface area contributed by atoms with Crippen molar-refractivity contribution in [2.24, 2.45) is 5.41 Å². The Kier molecular flexibility index (Phi) is 5.80. The van der Waals surface area contributed by atoms with Gasteiger partial charge in [0.15, 0.2) is 0 Å². The Labute approximate surface area is 152 Å². The second kappa shape index (κ2) is 7.88. The van der Waals surface area contributed by atoms with Crippen LogP contribution in [0.15, 0.2) is 24.3 Å². The Hall–Kier alpha value is -1.39. The van der Waals surface area contributed by atoms with Crippen LogP contribution in [-0.4, -0.2) is 67.4 Å². The molecule has 0 saturated carbocycles. The number of hydrogen-bond acceptors (Lipinski definition) is 3. The molecule has 0 bridgehead atoms. The van der Waals surface area contributed by atoms with E-state index < -0.39 is 0 Å². The number of rotatable bonds is 4. The lowest BCUT2D eigenvalue weighted by Crippen LogP contribution is -2.49. The summed E-state index contributed by atoms with van der Waals surface area (Å²) in [6.07, 6.45) is 4.94. The van der Waals surface area contributed by atoms with Crippen molar-refractivity contribution in [3.05, 3.63) is 35.4 Å². The Morgan fingerprint density at radius 3 is 2.12 bits per heavy atom. The fourth-order valence-electron chi connectivity index (χ4n) is 4.24. The third-order valence-electron chi connectivity index (χ3n) is 6.07. The lowest BCUT2D eigenvalue weighted by atomic mass is 9.71. The first-order valence-electron chi connectivity index (χ1n) is 9.66. The van der Waals surface area contributed by atoms with Gasteiger partial charge in [0.2, 0.25) is 5.91 Å². The average molecular weight is 344 g/mol. The fraction of sp³-hybridized carbons (Fsp3) is 0.667. The van der Waals surface area contributed by atoms with E-state index in [9.17, 15) is 4.79 Å². The molecular formula is C21H33N3O. The predicted molar refractivity (Wildman–Crippen MR) is 102 cm³/mol. The average Bonchev–Trinajstić information content (AvgIpc) is 2.59. The fourth-order valence-corrected chi connectivity index (χ4v) is 4.24. The van der Waals surface area contributed by atoms with Crippen LogP contribution < -0.4 is 0 Å². The summed E-state index contributed by atoms with van der Waals surface area (Å²) in [5.74, 6) is 0.289. The van der Waals surface area contributed by atoms with Gasteiger partial charge in [0.25, 0.3) is 0 Å². The first kappa shape index (κ1) is 18.4. The van der Waals surface area contributed by atoms with Crippen LogP contribution in [0.3, 0.4) is 0 Å². The molecule has 1 spiro atoms. The lowest BCUT2D eigenvalue weighted by molar-refractivity contribution is -0.134. The van der Waals surface area contributed by atoms with E-state index in [1.54, 1.807) is 0 Å². The summed E-state index contributed by atoms with van der Waals surface area (Å²) in [5.41, 5.74) is 3.24. The molecule has 0 atom stereocenters. The van der Waals surface area contributed by atoms with E-state index in [4.69, 9.17) is 0 Å². The number of likely N-dealkylation sites (tertiary alicyclic amines) is 2. The molecule has 4 nitrogen and oxygen atoms in total. The van der Waals surface area contributed by atoms with Crippen LogP contribution in [0.5, 0.6) is 0 Å². The zero-order valence-electron chi connectivity index (χ0n) is 16.1. The number of hydrogen-bond donors (Lipinski definition) is 0. The third-order valence-corrected chi connectivity index (χ3v) is 6.07. The number of amides is 1. The number of likely N-dealkylation sites (N-methyl/N-ethyl adjacent to an activating group) is 1. The maximum Gasteiger partial charge on any atom is 0.236 e. The van der Waals surface area contributed by atoms with Crippen molar-refractivity contribution in [2.45, 2.75) is 39.2 Å². The predicted octanol–water partition coefficient (Wildman–Crippen LogP) is 2.76. The summed E-state index contributed by atoms with van der Waals surface area (Å²) in [6, 6.07) is 8.94. The Morgan fingerprint density at radius 1 is 1.00 bits per heavy atom. The summed E-state index contributed by atoms with van der Waals surface area (Å²) in [7, 11) is 3.93. The molecule has 2 fully saturated rings. The van der Waals surface area contributed by atoms with Crippen molar-refractivity contribution in [3.63, 3.8) is 0 Å². The zero-order valence-corrected chi connectivity index (χ0v) is 16.1. The molecule has 0 aromatic heterocycles. The molecule has 25 heavy (non-hydrogen) atoms. The normalized spacial score (nSPS) is 21.0. The summed E-state index contributed by atoms with van der Waals surface area (Å²) in [6.45, 7) is 8.04. The van der Waals surface area contributed by atoms with Crippen LogP contribution in [0.4, 0.5) is 0 Å². The van der Waals surface area contributed by atoms with E-state index in [-0.39, 0.29) is 5.91 Å². The second-order valence-corrected chi connectivity index (χ2v) is 8.38. The largest absolute Gasteiger partial charge is 0.342 e. The van der Waals surface area contributed by atoms with E-state index in [0.717, 1.165) is 19.6 Å². The van der Waals surface area contributed by atoms with Gasteiger partial charge in [-0.05, 0) is 70.8 Å². The van der Waals surface area contributed by atoms with Gasteiger partial charge >= 0.3 is 0 Å². The monoisotopic (exact) mass is 343 g/mol. The minimum Gasteiger partial charge on any atom is -0.342 e. The second-order valence-electron chi connectivity index (χ2n) is 8.38. The number of carbonyl (C=O) groups excluding carboxylic acids is 1. The molecule has 2 heterocycles. The molecule has 0 aliphatic carbocycles. The first-order valence-corrected chi connectivity index (χ1v) is 9.66. The van der Waals surface area contributed by atoms with Crippen LogP contribution in [0.1, 0.15) is 36.8 Å². The van der Waals surface area contributed by atoms with E-state index in [2.05, 4.69) is 41.0 Å². The Balaban J connectivity index is 1.46. The SMILES string of the molecule is Cc1ccc(CN2CCC3(CC2)CCN(C(=O)CN(C)C)CC3)cc1. The van der Waals surface area contributed by atoms with E-state index in [1.165, 1.54) is 49.9 Å².